The van der Waals surface area contributed by atoms with Crippen LogP contribution in [0.5, 0.6) is 5.75 Å². The number of aliphatic hydroxyl groups excluding tert-OH is 1. The average Bonchev–Trinajstić information content (AvgIpc) is 2.48. The first-order valence-electron chi connectivity index (χ1n) is 6.93. The Bertz CT molecular complexity index is 359. The maximum Gasteiger partial charge on any atom is 0.119 e. The smallest absolute Gasteiger partial charge is 0.119 e. The topological polar surface area (TPSA) is 60.0 Å². The minimum Gasteiger partial charge on any atom is -0.491 e. The summed E-state index contributed by atoms with van der Waals surface area (Å²) in [6.45, 7) is 5.29. The second-order valence-electron chi connectivity index (χ2n) is 4.46. The molecular weight excluding hydrogens is 258 g/mol. The van der Waals surface area contributed by atoms with Crippen LogP contribution in [0.25, 0.3) is 0 Å². The third kappa shape index (κ3) is 7.45. The molecule has 114 valence electrons. The van der Waals surface area contributed by atoms with Crippen molar-refractivity contribution in [2.24, 2.45) is 0 Å². The Morgan fingerprint density at radius 3 is 2.85 bits per heavy atom. The van der Waals surface area contributed by atoms with Crippen molar-refractivity contribution in [1.82, 2.24) is 5.32 Å². The lowest BCUT2D eigenvalue weighted by atomic mass is 10.2. The first-order valence-corrected chi connectivity index (χ1v) is 6.93. The molecule has 0 saturated heterocycles. The Balaban J connectivity index is 2.26. The van der Waals surface area contributed by atoms with Crippen molar-refractivity contribution in [3.05, 3.63) is 29.8 Å². The number of ether oxygens (including phenoxy) is 3. The molecule has 0 aliphatic rings. The molecule has 1 rings (SSSR count). The second kappa shape index (κ2) is 10.6. The van der Waals surface area contributed by atoms with Gasteiger partial charge in [0.1, 0.15) is 18.5 Å². The van der Waals surface area contributed by atoms with Crippen LogP contribution in [0.3, 0.4) is 0 Å². The van der Waals surface area contributed by atoms with Crippen LogP contribution in [0.2, 0.25) is 0 Å². The van der Waals surface area contributed by atoms with Crippen molar-refractivity contribution in [1.29, 1.82) is 0 Å². The Hall–Kier alpha value is -1.14. The average molecular weight is 283 g/mol. The van der Waals surface area contributed by atoms with Crippen LogP contribution in [0, 0.1) is 0 Å². The normalized spacial score (nSPS) is 12.3. The van der Waals surface area contributed by atoms with E-state index in [1.54, 1.807) is 7.11 Å². The first-order chi connectivity index (χ1) is 9.76. The van der Waals surface area contributed by atoms with Gasteiger partial charge < -0.3 is 24.6 Å². The SMILES string of the molecule is CCNCc1cccc(OCC(O)COCCOC)c1. The van der Waals surface area contributed by atoms with Crippen LogP contribution in [0.15, 0.2) is 24.3 Å². The van der Waals surface area contributed by atoms with Crippen LogP contribution in [0.1, 0.15) is 12.5 Å². The molecule has 2 N–H and O–H groups in total. The Kier molecular flexibility index (Phi) is 8.98. The summed E-state index contributed by atoms with van der Waals surface area (Å²) in [6, 6.07) is 7.85. The van der Waals surface area contributed by atoms with Gasteiger partial charge >= 0.3 is 0 Å². The van der Waals surface area contributed by atoms with Gasteiger partial charge in [-0.25, -0.2) is 0 Å². The summed E-state index contributed by atoms with van der Waals surface area (Å²) in [5, 5.41) is 13.0. The molecule has 0 saturated carbocycles. The molecule has 0 heterocycles. The quantitative estimate of drug-likeness (QED) is 0.598. The highest BCUT2D eigenvalue weighted by Crippen LogP contribution is 2.13. The molecule has 0 aromatic heterocycles. The number of nitrogens with one attached hydrogen (secondary N) is 1. The van der Waals surface area contributed by atoms with Gasteiger partial charge in [-0.15, -0.1) is 0 Å². The van der Waals surface area contributed by atoms with Gasteiger partial charge in [-0.05, 0) is 24.2 Å². The third-order valence-corrected chi connectivity index (χ3v) is 2.66. The minimum atomic E-state index is -0.635. The van der Waals surface area contributed by atoms with Gasteiger partial charge in [0.2, 0.25) is 0 Å². The van der Waals surface area contributed by atoms with Gasteiger partial charge in [-0.3, -0.25) is 0 Å². The molecule has 5 nitrogen and oxygen atoms in total. The number of methoxy groups -OCH3 is 1. The molecule has 1 unspecified atom stereocenters. The van der Waals surface area contributed by atoms with Crippen LogP contribution in [-0.2, 0) is 16.0 Å². The highest BCUT2D eigenvalue weighted by atomic mass is 16.5. The summed E-state index contributed by atoms with van der Waals surface area (Å²) >= 11 is 0. The second-order valence-corrected chi connectivity index (χ2v) is 4.46. The van der Waals surface area contributed by atoms with Crippen molar-refractivity contribution in [2.75, 3.05) is 40.1 Å². The molecule has 0 spiro atoms. The number of benzene rings is 1. The fourth-order valence-electron chi connectivity index (χ4n) is 1.62. The third-order valence-electron chi connectivity index (χ3n) is 2.66. The van der Waals surface area contributed by atoms with Gasteiger partial charge in [0, 0.05) is 13.7 Å². The van der Waals surface area contributed by atoms with E-state index >= 15 is 0 Å². The van der Waals surface area contributed by atoms with Gasteiger partial charge in [-0.2, -0.15) is 0 Å². The fraction of sp³-hybridized carbons (Fsp3) is 0.600. The maximum absolute atomic E-state index is 9.72. The molecule has 5 heteroatoms. The van der Waals surface area contributed by atoms with Gasteiger partial charge in [0.05, 0.1) is 19.8 Å². The standard InChI is InChI=1S/C15H25NO4/c1-3-16-10-13-5-4-6-15(9-13)20-12-14(17)11-19-8-7-18-2/h4-6,9,14,16-17H,3,7-8,10-12H2,1-2H3. The number of hydrogen-bond acceptors (Lipinski definition) is 5. The molecule has 0 aliphatic carbocycles. The van der Waals surface area contributed by atoms with E-state index < -0.39 is 6.10 Å². The zero-order valence-corrected chi connectivity index (χ0v) is 12.3. The van der Waals surface area contributed by atoms with Crippen molar-refractivity contribution in [3.63, 3.8) is 0 Å². The Morgan fingerprint density at radius 2 is 2.10 bits per heavy atom. The van der Waals surface area contributed by atoms with Crippen molar-refractivity contribution in [2.45, 2.75) is 19.6 Å². The molecule has 0 radical (unpaired) electrons. The molecule has 20 heavy (non-hydrogen) atoms. The molecular formula is C15H25NO4. The summed E-state index contributed by atoms with van der Waals surface area (Å²) in [7, 11) is 1.61. The highest BCUT2D eigenvalue weighted by Gasteiger charge is 2.06. The first kappa shape index (κ1) is 16.9. The molecule has 0 aliphatic heterocycles. The van der Waals surface area contributed by atoms with E-state index in [0.29, 0.717) is 13.2 Å². The van der Waals surface area contributed by atoms with Crippen molar-refractivity contribution in [3.8, 4) is 5.75 Å². The predicted octanol–water partition coefficient (Wildman–Crippen LogP) is 1.20. The lowest BCUT2D eigenvalue weighted by Crippen LogP contribution is -2.24. The summed E-state index contributed by atoms with van der Waals surface area (Å²) in [4.78, 5) is 0. The van der Waals surface area contributed by atoms with Crippen LogP contribution >= 0.6 is 0 Å². The van der Waals surface area contributed by atoms with Crippen molar-refractivity contribution >= 4 is 0 Å². The minimum absolute atomic E-state index is 0.220. The monoisotopic (exact) mass is 283 g/mol. The van der Waals surface area contributed by atoms with E-state index in [4.69, 9.17) is 14.2 Å². The van der Waals surface area contributed by atoms with E-state index in [1.165, 1.54) is 0 Å². The predicted molar refractivity (Wildman–Crippen MR) is 78.0 cm³/mol. The van der Waals surface area contributed by atoms with Gasteiger partial charge in [-0.1, -0.05) is 19.1 Å². The molecule has 1 aromatic carbocycles. The lowest BCUT2D eigenvalue weighted by molar-refractivity contribution is -0.00420. The zero-order valence-electron chi connectivity index (χ0n) is 12.3. The molecule has 0 fully saturated rings. The van der Waals surface area contributed by atoms with E-state index in [9.17, 15) is 5.11 Å². The molecule has 0 amide bonds. The largest absolute Gasteiger partial charge is 0.491 e. The van der Waals surface area contributed by atoms with Crippen LogP contribution in [0.4, 0.5) is 0 Å². The fourth-order valence-corrected chi connectivity index (χ4v) is 1.62. The molecule has 0 bridgehead atoms. The number of aliphatic hydroxyl groups is 1. The van der Waals surface area contributed by atoms with E-state index in [-0.39, 0.29) is 13.2 Å². The maximum atomic E-state index is 9.72. The Morgan fingerprint density at radius 1 is 1.25 bits per heavy atom. The lowest BCUT2D eigenvalue weighted by Gasteiger charge is -2.13. The van der Waals surface area contributed by atoms with E-state index in [0.717, 1.165) is 24.4 Å². The van der Waals surface area contributed by atoms with Gasteiger partial charge in [0.25, 0.3) is 0 Å². The summed E-state index contributed by atoms with van der Waals surface area (Å²) < 4.78 is 15.6. The summed E-state index contributed by atoms with van der Waals surface area (Å²) in [5.41, 5.74) is 1.16. The van der Waals surface area contributed by atoms with E-state index in [2.05, 4.69) is 12.2 Å². The summed E-state index contributed by atoms with van der Waals surface area (Å²) in [5.74, 6) is 0.761. The Labute approximate surface area is 120 Å². The number of rotatable bonds is 11. The van der Waals surface area contributed by atoms with Crippen molar-refractivity contribution < 1.29 is 19.3 Å². The zero-order chi connectivity index (χ0) is 14.6. The van der Waals surface area contributed by atoms with Crippen LogP contribution in [-0.4, -0.2) is 51.3 Å². The van der Waals surface area contributed by atoms with Gasteiger partial charge in [0.15, 0.2) is 0 Å². The van der Waals surface area contributed by atoms with E-state index in [1.807, 2.05) is 24.3 Å². The highest BCUT2D eigenvalue weighted by molar-refractivity contribution is 5.28. The number of hydrogen-bond donors (Lipinski definition) is 2. The van der Waals surface area contributed by atoms with Crippen LogP contribution < -0.4 is 10.1 Å². The molecule has 1 atom stereocenters. The summed E-state index contributed by atoms with van der Waals surface area (Å²) in [6.07, 6.45) is -0.635. The molecule has 1 aromatic rings.